The maximum atomic E-state index is 8.98. The van der Waals surface area contributed by atoms with Gasteiger partial charge in [-0.05, 0) is 36.3 Å². The summed E-state index contributed by atoms with van der Waals surface area (Å²) in [7, 11) is 0. The van der Waals surface area contributed by atoms with Gasteiger partial charge >= 0.3 is 0 Å². The van der Waals surface area contributed by atoms with Crippen molar-refractivity contribution in [2.45, 2.75) is 32.2 Å². The van der Waals surface area contributed by atoms with Crippen LogP contribution in [0.25, 0.3) is 0 Å². The Labute approximate surface area is 97.7 Å². The van der Waals surface area contributed by atoms with E-state index in [0.717, 1.165) is 13.0 Å². The zero-order chi connectivity index (χ0) is 11.4. The van der Waals surface area contributed by atoms with Crippen molar-refractivity contribution in [3.8, 4) is 0 Å². The van der Waals surface area contributed by atoms with Crippen molar-refractivity contribution in [2.75, 3.05) is 13.2 Å². The predicted molar refractivity (Wildman–Crippen MR) is 66.5 cm³/mol. The predicted octanol–water partition coefficient (Wildman–Crippen LogP) is 1.76. The molecule has 16 heavy (non-hydrogen) atoms. The van der Waals surface area contributed by atoms with E-state index < -0.39 is 0 Å². The van der Waals surface area contributed by atoms with Crippen LogP contribution in [-0.4, -0.2) is 24.3 Å². The number of fused-ring (bicyclic) bond motifs is 1. The van der Waals surface area contributed by atoms with Crippen molar-refractivity contribution in [3.05, 3.63) is 35.4 Å². The van der Waals surface area contributed by atoms with Gasteiger partial charge in [0.1, 0.15) is 0 Å². The van der Waals surface area contributed by atoms with Gasteiger partial charge in [-0.25, -0.2) is 0 Å². The van der Waals surface area contributed by atoms with Crippen LogP contribution < -0.4 is 5.32 Å². The van der Waals surface area contributed by atoms with Gasteiger partial charge in [-0.3, -0.25) is 0 Å². The van der Waals surface area contributed by atoms with Crippen LogP contribution in [0.4, 0.5) is 0 Å². The molecule has 1 aromatic rings. The third kappa shape index (κ3) is 2.83. The second kappa shape index (κ2) is 5.46. The number of aryl methyl sites for hydroxylation is 1. The highest BCUT2D eigenvalue weighted by atomic mass is 16.3. The van der Waals surface area contributed by atoms with E-state index >= 15 is 0 Å². The number of hydrogen-bond acceptors (Lipinski definition) is 2. The van der Waals surface area contributed by atoms with Crippen LogP contribution in [0.3, 0.4) is 0 Å². The summed E-state index contributed by atoms with van der Waals surface area (Å²) in [4.78, 5) is 0. The number of hydrogen-bond donors (Lipinski definition) is 2. The van der Waals surface area contributed by atoms with E-state index in [4.69, 9.17) is 5.11 Å². The van der Waals surface area contributed by atoms with Gasteiger partial charge in [0.2, 0.25) is 0 Å². The Hall–Kier alpha value is -0.860. The molecule has 1 aromatic carbocycles. The molecule has 1 aliphatic rings. The van der Waals surface area contributed by atoms with Gasteiger partial charge in [0.15, 0.2) is 0 Å². The molecule has 2 nitrogen and oxygen atoms in total. The Kier molecular flexibility index (Phi) is 3.97. The standard InChI is InChI=1S/C14H21NO/c1-11(10-16)9-15-14-7-6-12-4-2-3-5-13(12)8-14/h2-5,11,14-16H,6-10H2,1H3. The maximum absolute atomic E-state index is 8.98. The van der Waals surface area contributed by atoms with Gasteiger partial charge in [-0.15, -0.1) is 0 Å². The van der Waals surface area contributed by atoms with Crippen LogP contribution in [-0.2, 0) is 12.8 Å². The maximum Gasteiger partial charge on any atom is 0.0468 e. The zero-order valence-corrected chi connectivity index (χ0v) is 9.95. The molecule has 0 bridgehead atoms. The number of aliphatic hydroxyl groups excluding tert-OH is 1. The molecule has 0 aromatic heterocycles. The first kappa shape index (κ1) is 11.6. The molecule has 2 N–H and O–H groups in total. The van der Waals surface area contributed by atoms with Gasteiger partial charge in [-0.1, -0.05) is 31.2 Å². The number of aliphatic hydroxyl groups is 1. The van der Waals surface area contributed by atoms with Gasteiger partial charge in [0, 0.05) is 19.2 Å². The average molecular weight is 219 g/mol. The van der Waals surface area contributed by atoms with Crippen molar-refractivity contribution >= 4 is 0 Å². The molecule has 0 heterocycles. The van der Waals surface area contributed by atoms with Crippen LogP contribution in [0, 0.1) is 5.92 Å². The molecular weight excluding hydrogens is 198 g/mol. The normalized spacial score (nSPS) is 21.5. The lowest BCUT2D eigenvalue weighted by molar-refractivity contribution is 0.228. The smallest absolute Gasteiger partial charge is 0.0468 e. The summed E-state index contributed by atoms with van der Waals surface area (Å²) in [5, 5.41) is 12.5. The highest BCUT2D eigenvalue weighted by molar-refractivity contribution is 5.30. The van der Waals surface area contributed by atoms with Gasteiger partial charge in [-0.2, -0.15) is 0 Å². The minimum Gasteiger partial charge on any atom is -0.396 e. The van der Waals surface area contributed by atoms with Crippen LogP contribution >= 0.6 is 0 Å². The van der Waals surface area contributed by atoms with Gasteiger partial charge < -0.3 is 10.4 Å². The third-order valence-corrected chi connectivity index (χ3v) is 3.41. The SMILES string of the molecule is CC(CO)CNC1CCc2ccccc2C1. The molecule has 0 radical (unpaired) electrons. The van der Waals surface area contributed by atoms with Crippen molar-refractivity contribution in [3.63, 3.8) is 0 Å². The van der Waals surface area contributed by atoms with Crippen LogP contribution in [0.15, 0.2) is 24.3 Å². The Morgan fingerprint density at radius 2 is 2.12 bits per heavy atom. The van der Waals surface area contributed by atoms with Crippen LogP contribution in [0.5, 0.6) is 0 Å². The number of benzene rings is 1. The van der Waals surface area contributed by atoms with E-state index in [2.05, 4.69) is 36.5 Å². The van der Waals surface area contributed by atoms with Gasteiger partial charge in [0.05, 0.1) is 0 Å². The Morgan fingerprint density at radius 3 is 2.88 bits per heavy atom. The highest BCUT2D eigenvalue weighted by Crippen LogP contribution is 2.20. The first-order valence-corrected chi connectivity index (χ1v) is 6.20. The minimum atomic E-state index is 0.274. The Bertz CT molecular complexity index is 337. The minimum absolute atomic E-state index is 0.274. The molecule has 88 valence electrons. The molecule has 0 saturated heterocycles. The number of rotatable bonds is 4. The molecular formula is C14H21NO. The lowest BCUT2D eigenvalue weighted by Crippen LogP contribution is -2.37. The fourth-order valence-corrected chi connectivity index (χ4v) is 2.30. The summed E-state index contributed by atoms with van der Waals surface area (Å²) in [6.45, 7) is 3.27. The lowest BCUT2D eigenvalue weighted by atomic mass is 9.88. The van der Waals surface area contributed by atoms with E-state index in [9.17, 15) is 0 Å². The van der Waals surface area contributed by atoms with Crippen molar-refractivity contribution < 1.29 is 5.11 Å². The topological polar surface area (TPSA) is 32.3 Å². The molecule has 2 heteroatoms. The van der Waals surface area contributed by atoms with E-state index in [1.807, 2.05) is 0 Å². The quantitative estimate of drug-likeness (QED) is 0.809. The first-order valence-electron chi connectivity index (χ1n) is 6.20. The largest absolute Gasteiger partial charge is 0.396 e. The van der Waals surface area contributed by atoms with Crippen molar-refractivity contribution in [2.24, 2.45) is 5.92 Å². The molecule has 0 aliphatic heterocycles. The lowest BCUT2D eigenvalue weighted by Gasteiger charge is -2.26. The average Bonchev–Trinajstić information content (AvgIpc) is 2.35. The second-order valence-electron chi connectivity index (χ2n) is 4.90. The number of nitrogens with one attached hydrogen (secondary N) is 1. The highest BCUT2D eigenvalue weighted by Gasteiger charge is 2.17. The summed E-state index contributed by atoms with van der Waals surface area (Å²) in [6, 6.07) is 9.31. The molecule has 1 aliphatic carbocycles. The molecule has 2 unspecified atom stereocenters. The van der Waals surface area contributed by atoms with Crippen molar-refractivity contribution in [1.29, 1.82) is 0 Å². The van der Waals surface area contributed by atoms with Gasteiger partial charge in [0.25, 0.3) is 0 Å². The van der Waals surface area contributed by atoms with Crippen LogP contribution in [0.1, 0.15) is 24.5 Å². The molecule has 2 rings (SSSR count). The second-order valence-corrected chi connectivity index (χ2v) is 4.90. The summed E-state index contributed by atoms with van der Waals surface area (Å²) in [5.74, 6) is 0.358. The molecule has 0 amide bonds. The molecule has 0 fully saturated rings. The summed E-state index contributed by atoms with van der Waals surface area (Å²) in [6.07, 6.45) is 3.53. The van der Waals surface area contributed by atoms with E-state index in [1.165, 1.54) is 24.0 Å². The fraction of sp³-hybridized carbons (Fsp3) is 0.571. The van der Waals surface area contributed by atoms with E-state index in [-0.39, 0.29) is 6.61 Å². The van der Waals surface area contributed by atoms with E-state index in [1.54, 1.807) is 0 Å². The van der Waals surface area contributed by atoms with Crippen LogP contribution in [0.2, 0.25) is 0 Å². The molecule has 0 spiro atoms. The Morgan fingerprint density at radius 1 is 1.38 bits per heavy atom. The summed E-state index contributed by atoms with van der Waals surface area (Å²) >= 11 is 0. The summed E-state index contributed by atoms with van der Waals surface area (Å²) in [5.41, 5.74) is 3.00. The first-order chi connectivity index (χ1) is 7.79. The van der Waals surface area contributed by atoms with Crippen molar-refractivity contribution in [1.82, 2.24) is 5.32 Å². The molecule has 2 atom stereocenters. The zero-order valence-electron chi connectivity index (χ0n) is 9.95. The van der Waals surface area contributed by atoms with E-state index in [0.29, 0.717) is 12.0 Å². The molecule has 0 saturated carbocycles. The fourth-order valence-electron chi connectivity index (χ4n) is 2.30. The third-order valence-electron chi connectivity index (χ3n) is 3.41. The monoisotopic (exact) mass is 219 g/mol. The summed E-state index contributed by atoms with van der Waals surface area (Å²) < 4.78 is 0. The Balaban J connectivity index is 1.88.